The molecule has 1 atom stereocenters. The van der Waals surface area contributed by atoms with E-state index in [1.165, 1.54) is 49.7 Å². The molecule has 12 rings (SSSR count). The van der Waals surface area contributed by atoms with E-state index in [9.17, 15) is 0 Å². The number of furan rings is 1. The summed E-state index contributed by atoms with van der Waals surface area (Å²) in [6.07, 6.45) is 0. The van der Waals surface area contributed by atoms with E-state index >= 15 is 0 Å². The minimum atomic E-state index is -0.638. The third-order valence-corrected chi connectivity index (χ3v) is 11.9. The molecule has 56 heavy (non-hydrogen) atoms. The number of para-hydroxylation sites is 3. The van der Waals surface area contributed by atoms with Crippen LogP contribution in [-0.2, 0) is 5.41 Å². The Morgan fingerprint density at radius 1 is 0.411 bits per heavy atom. The Balaban J connectivity index is 1.16. The molecule has 3 nitrogen and oxygen atoms in total. The molecule has 1 unspecified atom stereocenters. The standard InChI is InChI=1S/C53H33NO2/c1-2-13-34(14-3-1)35-25-28-37(29-26-35)54(47-22-12-19-43-42-18-7-10-23-48(42)56-52(43)47)38-30-31-41-40-17-6-8-20-44(40)53(46(41)33-38)45-21-9-11-24-49(45)55-50-32-27-36-15-4-5-16-39(36)51(50)53/h1-33H. The molecule has 0 bridgehead atoms. The van der Waals surface area contributed by atoms with Crippen LogP contribution in [-0.4, -0.2) is 0 Å². The fraction of sp³-hybridized carbons (Fsp3) is 0.0189. The predicted molar refractivity (Wildman–Crippen MR) is 229 cm³/mol. The van der Waals surface area contributed by atoms with Crippen LogP contribution in [0.1, 0.15) is 22.3 Å². The Bertz CT molecular complexity index is 3180. The van der Waals surface area contributed by atoms with Gasteiger partial charge in [0.1, 0.15) is 17.1 Å². The maximum Gasteiger partial charge on any atom is 0.159 e. The quantitative estimate of drug-likeness (QED) is 0.181. The van der Waals surface area contributed by atoms with Crippen molar-refractivity contribution in [3.05, 3.63) is 222 Å². The van der Waals surface area contributed by atoms with Crippen LogP contribution in [0.15, 0.2) is 205 Å². The molecule has 2 aliphatic rings. The first-order chi connectivity index (χ1) is 27.8. The summed E-state index contributed by atoms with van der Waals surface area (Å²) < 4.78 is 13.6. The summed E-state index contributed by atoms with van der Waals surface area (Å²) in [6.45, 7) is 0. The molecule has 3 heteroatoms. The van der Waals surface area contributed by atoms with Crippen LogP contribution in [0.3, 0.4) is 0 Å². The zero-order valence-corrected chi connectivity index (χ0v) is 30.3. The summed E-state index contributed by atoms with van der Waals surface area (Å²) in [7, 11) is 0. The van der Waals surface area contributed by atoms with Crippen molar-refractivity contribution >= 4 is 49.8 Å². The molecule has 0 N–H and O–H groups in total. The number of hydrogen-bond acceptors (Lipinski definition) is 3. The molecule has 10 aromatic rings. The smallest absolute Gasteiger partial charge is 0.159 e. The van der Waals surface area contributed by atoms with Crippen molar-refractivity contribution < 1.29 is 9.15 Å². The molecule has 0 fully saturated rings. The molecular formula is C53H33NO2. The van der Waals surface area contributed by atoms with Crippen LogP contribution in [0.25, 0.3) is 55.0 Å². The fourth-order valence-corrected chi connectivity index (χ4v) is 9.58. The van der Waals surface area contributed by atoms with Crippen molar-refractivity contribution in [1.82, 2.24) is 0 Å². The van der Waals surface area contributed by atoms with Gasteiger partial charge in [-0.25, -0.2) is 0 Å². The van der Waals surface area contributed by atoms with E-state index in [0.29, 0.717) is 0 Å². The lowest BCUT2D eigenvalue weighted by molar-refractivity contribution is 0.438. The highest BCUT2D eigenvalue weighted by atomic mass is 16.5. The molecule has 1 aliphatic carbocycles. The zero-order valence-electron chi connectivity index (χ0n) is 30.3. The van der Waals surface area contributed by atoms with Crippen molar-refractivity contribution in [3.63, 3.8) is 0 Å². The largest absolute Gasteiger partial charge is 0.457 e. The molecular weight excluding hydrogens is 683 g/mol. The number of benzene rings is 9. The topological polar surface area (TPSA) is 25.6 Å². The minimum absolute atomic E-state index is 0.638. The van der Waals surface area contributed by atoms with Gasteiger partial charge in [0.15, 0.2) is 5.58 Å². The predicted octanol–water partition coefficient (Wildman–Crippen LogP) is 14.3. The highest BCUT2D eigenvalue weighted by Crippen LogP contribution is 2.64. The van der Waals surface area contributed by atoms with Crippen LogP contribution in [0.4, 0.5) is 17.1 Å². The van der Waals surface area contributed by atoms with Crippen molar-refractivity contribution in [2.24, 2.45) is 0 Å². The Kier molecular flexibility index (Phi) is 6.55. The van der Waals surface area contributed by atoms with E-state index in [-0.39, 0.29) is 0 Å². The van der Waals surface area contributed by atoms with Gasteiger partial charge in [-0.15, -0.1) is 0 Å². The molecule has 9 aromatic carbocycles. The van der Waals surface area contributed by atoms with Crippen molar-refractivity contribution in [2.75, 3.05) is 4.90 Å². The number of fused-ring (bicyclic) bond motifs is 14. The second-order valence-corrected chi connectivity index (χ2v) is 14.8. The highest BCUT2D eigenvalue weighted by Gasteiger charge is 2.52. The zero-order chi connectivity index (χ0) is 36.8. The van der Waals surface area contributed by atoms with Gasteiger partial charge in [0.25, 0.3) is 0 Å². The van der Waals surface area contributed by atoms with E-state index in [1.54, 1.807) is 0 Å². The average molecular weight is 716 g/mol. The number of rotatable bonds is 4. The van der Waals surface area contributed by atoms with Gasteiger partial charge in [-0.3, -0.25) is 0 Å². The molecule has 2 heterocycles. The lowest BCUT2D eigenvalue weighted by Gasteiger charge is -2.40. The third kappa shape index (κ3) is 4.28. The first-order valence-corrected chi connectivity index (χ1v) is 19.2. The van der Waals surface area contributed by atoms with Crippen LogP contribution in [0, 0.1) is 0 Å². The Labute approximate surface area is 324 Å². The second kappa shape index (κ2) is 11.8. The van der Waals surface area contributed by atoms with E-state index in [4.69, 9.17) is 9.15 Å². The summed E-state index contributed by atoms with van der Waals surface area (Å²) in [5, 5.41) is 4.57. The second-order valence-electron chi connectivity index (χ2n) is 14.8. The van der Waals surface area contributed by atoms with Crippen molar-refractivity contribution in [3.8, 4) is 33.8 Å². The average Bonchev–Trinajstić information content (AvgIpc) is 3.79. The Hall–Kier alpha value is -7.36. The van der Waals surface area contributed by atoms with Crippen LogP contribution in [0.5, 0.6) is 11.5 Å². The maximum absolute atomic E-state index is 6.82. The van der Waals surface area contributed by atoms with E-state index in [0.717, 1.165) is 56.1 Å². The Morgan fingerprint density at radius 2 is 1.09 bits per heavy atom. The monoisotopic (exact) mass is 715 g/mol. The van der Waals surface area contributed by atoms with Crippen LogP contribution < -0.4 is 9.64 Å². The molecule has 0 amide bonds. The normalized spacial score (nSPS) is 15.0. The molecule has 1 aliphatic heterocycles. The van der Waals surface area contributed by atoms with Crippen LogP contribution >= 0.6 is 0 Å². The first-order valence-electron chi connectivity index (χ1n) is 19.2. The first kappa shape index (κ1) is 31.0. The molecule has 262 valence electrons. The van der Waals surface area contributed by atoms with Gasteiger partial charge < -0.3 is 14.1 Å². The lowest BCUT2D eigenvalue weighted by atomic mass is 9.65. The SMILES string of the molecule is c1ccc(-c2ccc(N(c3ccc4c(c3)C3(c5ccccc5Oc5ccc6ccccc6c53)c3ccccc3-4)c3cccc4c3oc3ccccc34)cc2)cc1. The van der Waals surface area contributed by atoms with Gasteiger partial charge in [0.2, 0.25) is 0 Å². The molecule has 1 spiro atoms. The summed E-state index contributed by atoms with van der Waals surface area (Å²) in [6, 6.07) is 71.9. The van der Waals surface area contributed by atoms with Gasteiger partial charge >= 0.3 is 0 Å². The lowest BCUT2D eigenvalue weighted by Crippen LogP contribution is -2.32. The molecule has 1 aromatic heterocycles. The third-order valence-electron chi connectivity index (χ3n) is 11.9. The highest BCUT2D eigenvalue weighted by molar-refractivity contribution is 6.10. The summed E-state index contributed by atoms with van der Waals surface area (Å²) >= 11 is 0. The number of nitrogens with zero attached hydrogens (tertiary/aromatic N) is 1. The summed E-state index contributed by atoms with van der Waals surface area (Å²) in [4.78, 5) is 2.37. The minimum Gasteiger partial charge on any atom is -0.457 e. The van der Waals surface area contributed by atoms with E-state index < -0.39 is 5.41 Å². The Morgan fingerprint density at radius 3 is 1.98 bits per heavy atom. The number of hydrogen-bond donors (Lipinski definition) is 0. The van der Waals surface area contributed by atoms with E-state index in [2.05, 4.69) is 199 Å². The van der Waals surface area contributed by atoms with E-state index in [1.807, 2.05) is 6.07 Å². The van der Waals surface area contributed by atoms with Crippen LogP contribution in [0.2, 0.25) is 0 Å². The van der Waals surface area contributed by atoms with Gasteiger partial charge in [-0.05, 0) is 92.7 Å². The van der Waals surface area contributed by atoms with Crippen molar-refractivity contribution in [1.29, 1.82) is 0 Å². The molecule has 0 saturated carbocycles. The molecule has 0 radical (unpaired) electrons. The maximum atomic E-state index is 6.82. The van der Waals surface area contributed by atoms with Gasteiger partial charge in [0.05, 0.1) is 11.1 Å². The number of anilines is 3. The molecule has 0 saturated heterocycles. The van der Waals surface area contributed by atoms with Crippen molar-refractivity contribution in [2.45, 2.75) is 5.41 Å². The fourth-order valence-electron chi connectivity index (χ4n) is 9.58. The van der Waals surface area contributed by atoms with Gasteiger partial charge in [-0.2, -0.15) is 0 Å². The number of ether oxygens (including phenoxy) is 1. The summed E-state index contributed by atoms with van der Waals surface area (Å²) in [5.74, 6) is 1.76. The van der Waals surface area contributed by atoms with Gasteiger partial charge in [-0.1, -0.05) is 152 Å². The summed E-state index contributed by atoms with van der Waals surface area (Å²) in [5.41, 5.74) is 13.8. The van der Waals surface area contributed by atoms with Gasteiger partial charge in [0, 0.05) is 33.3 Å².